The number of amides is 1. The van der Waals surface area contributed by atoms with E-state index in [1.807, 2.05) is 79.0 Å². The van der Waals surface area contributed by atoms with Gasteiger partial charge in [0.1, 0.15) is 0 Å². The van der Waals surface area contributed by atoms with Crippen molar-refractivity contribution < 1.29 is 14.7 Å². The van der Waals surface area contributed by atoms with Crippen LogP contribution in [0.25, 0.3) is 17.0 Å². The van der Waals surface area contributed by atoms with Gasteiger partial charge < -0.3 is 9.67 Å². The average molecular weight is 613 g/mol. The largest absolute Gasteiger partial charge is 0.478 e. The molecule has 0 atom stereocenters. The van der Waals surface area contributed by atoms with Gasteiger partial charge in [-0.2, -0.15) is 0 Å². The Bertz CT molecular complexity index is 1880. The number of rotatable bonds is 7. The van der Waals surface area contributed by atoms with Gasteiger partial charge in [0.2, 0.25) is 0 Å². The lowest BCUT2D eigenvalue weighted by molar-refractivity contribution is -0.122. The summed E-state index contributed by atoms with van der Waals surface area (Å²) in [4.78, 5) is 32.1. The Balaban J connectivity index is 1.36. The highest BCUT2D eigenvalue weighted by Crippen LogP contribution is 2.37. The predicted octanol–water partition coefficient (Wildman–Crippen LogP) is 8.50. The number of aromatic carboxylic acids is 1. The summed E-state index contributed by atoms with van der Waals surface area (Å²) in [6.07, 6.45) is 3.95. The van der Waals surface area contributed by atoms with E-state index in [4.69, 9.17) is 28.2 Å². The van der Waals surface area contributed by atoms with Gasteiger partial charge in [-0.1, -0.05) is 77.8 Å². The highest BCUT2D eigenvalue weighted by molar-refractivity contribution is 8.18. The number of hydrogen-bond donors (Lipinski definition) is 1. The van der Waals surface area contributed by atoms with Crippen molar-refractivity contribution >= 4 is 74.7 Å². The minimum Gasteiger partial charge on any atom is -0.478 e. The molecule has 0 spiro atoms. The van der Waals surface area contributed by atoms with Gasteiger partial charge in [-0.15, -0.1) is 0 Å². The molecule has 1 N–H and O–H groups in total. The molecule has 2 heterocycles. The number of carboxylic acids is 1. The van der Waals surface area contributed by atoms with Crippen molar-refractivity contribution in [1.29, 1.82) is 0 Å². The fourth-order valence-electron chi connectivity index (χ4n) is 4.78. The molecule has 9 heteroatoms. The number of halogens is 2. The highest BCUT2D eigenvalue weighted by atomic mass is 35.5. The minimum absolute atomic E-state index is 0.168. The molecule has 208 valence electrons. The normalized spacial score (nSPS) is 15.3. The van der Waals surface area contributed by atoms with Gasteiger partial charge in [-0.05, 0) is 71.4 Å². The molecule has 0 saturated carbocycles. The zero-order valence-electron chi connectivity index (χ0n) is 22.1. The van der Waals surface area contributed by atoms with Crippen molar-refractivity contribution in [2.45, 2.75) is 13.1 Å². The first-order valence-corrected chi connectivity index (χ1v) is 14.6. The summed E-state index contributed by atoms with van der Waals surface area (Å²) in [7, 11) is 0. The first-order valence-electron chi connectivity index (χ1n) is 13.0. The van der Waals surface area contributed by atoms with Crippen molar-refractivity contribution in [3.63, 3.8) is 0 Å². The topological polar surface area (TPSA) is 74.9 Å². The Morgan fingerprint density at radius 1 is 0.857 bits per heavy atom. The molecule has 1 aliphatic rings. The zero-order valence-corrected chi connectivity index (χ0v) is 24.4. The van der Waals surface area contributed by atoms with E-state index in [-0.39, 0.29) is 18.0 Å². The van der Waals surface area contributed by atoms with Crippen molar-refractivity contribution in [2.75, 3.05) is 0 Å². The number of benzene rings is 4. The molecule has 0 unspecified atom stereocenters. The van der Waals surface area contributed by atoms with E-state index < -0.39 is 5.97 Å². The molecule has 1 amide bonds. The summed E-state index contributed by atoms with van der Waals surface area (Å²) in [6.45, 7) is 0.842. The third-order valence-corrected chi connectivity index (χ3v) is 8.60. The molecule has 1 fully saturated rings. The molecule has 42 heavy (non-hydrogen) atoms. The van der Waals surface area contributed by atoms with Gasteiger partial charge in [0.15, 0.2) is 5.17 Å². The second-order valence-electron chi connectivity index (χ2n) is 9.71. The van der Waals surface area contributed by atoms with E-state index in [2.05, 4.69) is 4.57 Å². The SMILES string of the molecule is O=C(O)c1ccc(CN2C(=O)/C(=C\c3cn(Cc4ccc(Cl)c(Cl)c4)c4ccccc34)SC2=Nc2ccccc2)cc1. The van der Waals surface area contributed by atoms with E-state index in [1.54, 1.807) is 35.2 Å². The number of amidine groups is 1. The maximum absolute atomic E-state index is 13.8. The number of fused-ring (bicyclic) bond motifs is 1. The first-order chi connectivity index (χ1) is 20.4. The van der Waals surface area contributed by atoms with E-state index >= 15 is 0 Å². The number of carbonyl (C=O) groups excluding carboxylic acids is 1. The van der Waals surface area contributed by atoms with Gasteiger partial charge in [0.05, 0.1) is 32.7 Å². The van der Waals surface area contributed by atoms with Crippen LogP contribution in [0.2, 0.25) is 10.0 Å². The number of aliphatic imine (C=N–C) groups is 1. The number of para-hydroxylation sites is 2. The number of aromatic nitrogens is 1. The van der Waals surface area contributed by atoms with Crippen LogP contribution >= 0.6 is 35.0 Å². The molecule has 6 nitrogen and oxygen atoms in total. The van der Waals surface area contributed by atoms with Crippen LogP contribution in [0.1, 0.15) is 27.0 Å². The lowest BCUT2D eigenvalue weighted by Gasteiger charge is -2.16. The number of thioether (sulfide) groups is 1. The van der Waals surface area contributed by atoms with Crippen molar-refractivity contribution in [3.8, 4) is 0 Å². The molecule has 0 radical (unpaired) electrons. The van der Waals surface area contributed by atoms with Crippen molar-refractivity contribution in [3.05, 3.63) is 140 Å². The van der Waals surface area contributed by atoms with Crippen LogP contribution in [-0.2, 0) is 17.9 Å². The monoisotopic (exact) mass is 611 g/mol. The van der Waals surface area contributed by atoms with Crippen molar-refractivity contribution in [2.24, 2.45) is 4.99 Å². The summed E-state index contributed by atoms with van der Waals surface area (Å²) in [6, 6.07) is 29.7. The summed E-state index contributed by atoms with van der Waals surface area (Å²) in [5.74, 6) is -1.16. The first kappa shape index (κ1) is 27.8. The van der Waals surface area contributed by atoms with E-state index in [9.17, 15) is 14.7 Å². The molecular weight excluding hydrogens is 589 g/mol. The van der Waals surface area contributed by atoms with E-state index in [0.717, 1.165) is 33.3 Å². The molecule has 0 aliphatic carbocycles. The number of hydrogen-bond acceptors (Lipinski definition) is 4. The highest BCUT2D eigenvalue weighted by Gasteiger charge is 2.34. The van der Waals surface area contributed by atoms with Crippen LogP contribution in [0, 0.1) is 0 Å². The quantitative estimate of drug-likeness (QED) is 0.187. The van der Waals surface area contributed by atoms with Gasteiger partial charge in [-0.3, -0.25) is 9.69 Å². The average Bonchev–Trinajstić information content (AvgIpc) is 3.48. The van der Waals surface area contributed by atoms with E-state index in [1.165, 1.54) is 11.8 Å². The molecule has 1 aliphatic heterocycles. The fraction of sp³-hybridized carbons (Fsp3) is 0.0606. The van der Waals surface area contributed by atoms with Crippen LogP contribution in [0.4, 0.5) is 5.69 Å². The second-order valence-corrected chi connectivity index (χ2v) is 11.5. The van der Waals surface area contributed by atoms with Crippen molar-refractivity contribution in [1.82, 2.24) is 9.47 Å². The van der Waals surface area contributed by atoms with E-state index in [0.29, 0.717) is 26.7 Å². The standard InChI is InChI=1S/C33H23Cl2N3O3S/c34-27-15-12-22(16-28(27)35)18-37-20-24(26-8-4-5-9-29(26)37)17-30-31(39)38(19-21-10-13-23(14-11-21)32(40)41)33(42-30)36-25-6-2-1-3-7-25/h1-17,20H,18-19H2,(H,40,41)/b30-17+,36-33?. The lowest BCUT2D eigenvalue weighted by atomic mass is 10.1. The molecule has 0 bridgehead atoms. The molecule has 5 aromatic rings. The van der Waals surface area contributed by atoms with Crippen LogP contribution < -0.4 is 0 Å². The minimum atomic E-state index is -0.996. The van der Waals surface area contributed by atoms with Gasteiger partial charge in [0, 0.05) is 29.2 Å². The third kappa shape index (κ3) is 5.85. The fourth-order valence-corrected chi connectivity index (χ4v) is 6.09. The maximum Gasteiger partial charge on any atom is 0.335 e. The van der Waals surface area contributed by atoms with Crippen LogP contribution in [0.3, 0.4) is 0 Å². The summed E-state index contributed by atoms with van der Waals surface area (Å²) >= 11 is 13.7. The molecule has 1 saturated heterocycles. The van der Waals surface area contributed by atoms with Gasteiger partial charge >= 0.3 is 5.97 Å². The zero-order chi connectivity index (χ0) is 29.2. The predicted molar refractivity (Wildman–Crippen MR) is 171 cm³/mol. The van der Waals surface area contributed by atoms with Gasteiger partial charge in [0.25, 0.3) is 5.91 Å². The van der Waals surface area contributed by atoms with Crippen LogP contribution in [0.5, 0.6) is 0 Å². The Morgan fingerprint density at radius 3 is 2.31 bits per heavy atom. The number of carbonyl (C=O) groups is 2. The summed E-state index contributed by atoms with van der Waals surface area (Å²) in [5, 5.41) is 11.8. The number of nitrogens with zero attached hydrogens (tertiary/aromatic N) is 3. The Hall–Kier alpha value is -4.30. The smallest absolute Gasteiger partial charge is 0.335 e. The Morgan fingerprint density at radius 2 is 1.57 bits per heavy atom. The van der Waals surface area contributed by atoms with Crippen LogP contribution in [0.15, 0.2) is 113 Å². The second kappa shape index (κ2) is 11.9. The van der Waals surface area contributed by atoms with Crippen LogP contribution in [-0.4, -0.2) is 31.6 Å². The maximum atomic E-state index is 13.8. The molecule has 1 aromatic heterocycles. The molecule has 6 rings (SSSR count). The Labute approximate surface area is 256 Å². The lowest BCUT2D eigenvalue weighted by Crippen LogP contribution is -2.28. The molecule has 4 aromatic carbocycles. The summed E-state index contributed by atoms with van der Waals surface area (Å²) in [5.41, 5.74) is 4.67. The van der Waals surface area contributed by atoms with Gasteiger partial charge in [-0.25, -0.2) is 9.79 Å². The Kier molecular flexibility index (Phi) is 7.89. The molecular formula is C33H23Cl2N3O3S. The number of carboxylic acid groups (broad SMARTS) is 1. The summed E-state index contributed by atoms with van der Waals surface area (Å²) < 4.78 is 2.13. The third-order valence-electron chi connectivity index (χ3n) is 6.85.